The molecule has 0 bridgehead atoms. The summed E-state index contributed by atoms with van der Waals surface area (Å²) in [6.07, 6.45) is 19.4. The van der Waals surface area contributed by atoms with Gasteiger partial charge >= 0.3 is 0 Å². The molecule has 5 saturated carbocycles. The van der Waals surface area contributed by atoms with Gasteiger partial charge in [-0.15, -0.1) is 0 Å². The number of aliphatic hydroxyl groups excluding tert-OH is 1. The third-order valence-electron chi connectivity index (χ3n) is 13.0. The first kappa shape index (κ1) is 23.2. The fourth-order valence-electron chi connectivity index (χ4n) is 11.1. The molecule has 0 unspecified atom stereocenters. The predicted molar refractivity (Wildman–Crippen MR) is 135 cm³/mol. The van der Waals surface area contributed by atoms with Crippen LogP contribution in [0.5, 0.6) is 0 Å². The fraction of sp³-hybridized carbons (Fsp3) is 0.871. The molecule has 0 aromatic rings. The predicted octanol–water partition coefficient (Wildman–Crippen LogP) is 8.34. The molecule has 1 heteroatoms. The minimum Gasteiger partial charge on any atom is -0.393 e. The van der Waals surface area contributed by atoms with Crippen molar-refractivity contribution >= 4 is 0 Å². The van der Waals surface area contributed by atoms with Crippen molar-refractivity contribution in [3.8, 4) is 0 Å². The van der Waals surface area contributed by atoms with E-state index >= 15 is 0 Å². The Balaban J connectivity index is 1.38. The van der Waals surface area contributed by atoms with Crippen LogP contribution < -0.4 is 0 Å². The Morgan fingerprint density at radius 1 is 0.906 bits per heavy atom. The Labute approximate surface area is 198 Å². The molecule has 0 saturated heterocycles. The van der Waals surface area contributed by atoms with Crippen molar-refractivity contribution in [2.24, 2.45) is 50.7 Å². The Bertz CT molecular complexity index is 807. The lowest BCUT2D eigenvalue weighted by Gasteiger charge is -2.63. The largest absolute Gasteiger partial charge is 0.393 e. The maximum absolute atomic E-state index is 10.8. The van der Waals surface area contributed by atoms with Gasteiger partial charge in [0.2, 0.25) is 0 Å². The van der Waals surface area contributed by atoms with Crippen LogP contribution in [0, 0.1) is 50.7 Å². The van der Waals surface area contributed by atoms with E-state index < -0.39 is 0 Å². The smallest absolute Gasteiger partial charge is 0.0594 e. The average molecular weight is 439 g/mol. The highest BCUT2D eigenvalue weighted by molar-refractivity contribution is 5.30. The number of rotatable bonds is 5. The number of aliphatic hydroxyl groups is 1. The summed E-state index contributed by atoms with van der Waals surface area (Å²) >= 11 is 0. The maximum atomic E-state index is 10.8. The summed E-state index contributed by atoms with van der Waals surface area (Å²) in [5.74, 6) is 3.33. The van der Waals surface area contributed by atoms with Gasteiger partial charge in [0.05, 0.1) is 6.10 Å². The highest BCUT2D eigenvalue weighted by Gasteiger charge is 2.82. The second-order valence-electron chi connectivity index (χ2n) is 14.4. The number of allylic oxidation sites excluding steroid dienone is 3. The van der Waals surface area contributed by atoms with Gasteiger partial charge in [-0.3, -0.25) is 0 Å². The fourth-order valence-corrected chi connectivity index (χ4v) is 11.1. The minimum atomic E-state index is -0.0913. The molecule has 0 heterocycles. The molecule has 0 radical (unpaired) electrons. The second kappa shape index (κ2) is 7.22. The van der Waals surface area contributed by atoms with Gasteiger partial charge in [-0.1, -0.05) is 58.9 Å². The van der Waals surface area contributed by atoms with Gasteiger partial charge in [0, 0.05) is 0 Å². The van der Waals surface area contributed by atoms with Crippen LogP contribution in [0.2, 0.25) is 0 Å². The van der Waals surface area contributed by atoms with Crippen LogP contribution in [0.3, 0.4) is 0 Å². The number of hydrogen-bond donors (Lipinski definition) is 1. The Morgan fingerprint density at radius 2 is 1.59 bits per heavy atom. The van der Waals surface area contributed by atoms with Crippen molar-refractivity contribution in [2.75, 3.05) is 0 Å². The quantitative estimate of drug-likeness (QED) is 0.428. The molecule has 180 valence electrons. The molecule has 1 nitrogen and oxygen atoms in total. The van der Waals surface area contributed by atoms with E-state index in [1.54, 1.807) is 0 Å². The van der Waals surface area contributed by atoms with Crippen LogP contribution in [0.1, 0.15) is 112 Å². The summed E-state index contributed by atoms with van der Waals surface area (Å²) < 4.78 is 0. The van der Waals surface area contributed by atoms with Gasteiger partial charge in [-0.05, 0) is 128 Å². The van der Waals surface area contributed by atoms with Crippen LogP contribution in [0.15, 0.2) is 24.3 Å². The lowest BCUT2D eigenvalue weighted by atomic mass is 9.42. The molecular weight excluding hydrogens is 388 g/mol. The van der Waals surface area contributed by atoms with Crippen LogP contribution in [0.25, 0.3) is 0 Å². The first-order valence-corrected chi connectivity index (χ1v) is 13.9. The van der Waals surface area contributed by atoms with Crippen LogP contribution in [-0.4, -0.2) is 11.2 Å². The Kier molecular flexibility index (Phi) is 5.23. The standard InChI is InChI=1S/C31H50O/c1-21(2)10-8-9-11-22(3)23-14-16-29(7)25-13-12-24-27(4,5)26(32)15-17-30(24)20-31(25,30)19-18-28(23,29)6/h8-9,22-26,32H,1,10-20H2,2-7H3/b9-8+/t22-,23-,24+,25+,26+,28-,29+,30-,31+/m1/s1. The van der Waals surface area contributed by atoms with E-state index in [0.717, 1.165) is 36.5 Å². The summed E-state index contributed by atoms with van der Waals surface area (Å²) in [5.41, 5.74) is 3.57. The highest BCUT2D eigenvalue weighted by Crippen LogP contribution is 2.89. The number of fused-ring (bicyclic) bond motifs is 2. The Hall–Kier alpha value is -0.560. The minimum absolute atomic E-state index is 0.0913. The molecule has 5 aliphatic carbocycles. The molecule has 9 atom stereocenters. The zero-order valence-corrected chi connectivity index (χ0v) is 22.0. The van der Waals surface area contributed by atoms with E-state index in [-0.39, 0.29) is 11.5 Å². The molecule has 0 aromatic carbocycles. The molecule has 0 aliphatic heterocycles. The first-order chi connectivity index (χ1) is 14.9. The van der Waals surface area contributed by atoms with Gasteiger partial charge in [0.25, 0.3) is 0 Å². The van der Waals surface area contributed by atoms with E-state index in [2.05, 4.69) is 60.3 Å². The molecule has 32 heavy (non-hydrogen) atoms. The molecule has 5 fully saturated rings. The van der Waals surface area contributed by atoms with Crippen molar-refractivity contribution < 1.29 is 5.11 Å². The van der Waals surface area contributed by atoms with Gasteiger partial charge in [-0.2, -0.15) is 0 Å². The SMILES string of the molecule is C=C(C)C/C=C/C[C@@H](C)[C@H]1CC[C@@]2(C)[C@@H]3CC[C@H]4C(C)(C)[C@@H](O)CC[C@@]45C[C@@]35CC[C@]12C. The lowest BCUT2D eigenvalue weighted by molar-refractivity contribution is -0.161. The summed E-state index contributed by atoms with van der Waals surface area (Å²) in [6, 6.07) is 0. The molecule has 5 aliphatic rings. The normalized spacial score (nSPS) is 52.0. The highest BCUT2D eigenvalue weighted by atomic mass is 16.3. The van der Waals surface area contributed by atoms with Gasteiger partial charge < -0.3 is 5.11 Å². The van der Waals surface area contributed by atoms with Crippen LogP contribution >= 0.6 is 0 Å². The van der Waals surface area contributed by atoms with Gasteiger partial charge in [0.1, 0.15) is 0 Å². The zero-order valence-electron chi connectivity index (χ0n) is 22.0. The van der Waals surface area contributed by atoms with Crippen molar-refractivity contribution in [1.29, 1.82) is 0 Å². The van der Waals surface area contributed by atoms with Crippen molar-refractivity contribution in [1.82, 2.24) is 0 Å². The third kappa shape index (κ3) is 2.79. The summed E-state index contributed by atoms with van der Waals surface area (Å²) in [4.78, 5) is 0. The topological polar surface area (TPSA) is 20.2 Å². The molecule has 0 amide bonds. The molecule has 1 N–H and O–H groups in total. The number of hydrogen-bond acceptors (Lipinski definition) is 1. The summed E-state index contributed by atoms with van der Waals surface area (Å²) in [5, 5.41) is 10.8. The van der Waals surface area contributed by atoms with E-state index in [1.807, 2.05) is 0 Å². The van der Waals surface area contributed by atoms with Gasteiger partial charge in [-0.25, -0.2) is 0 Å². The van der Waals surface area contributed by atoms with Crippen molar-refractivity contribution in [2.45, 2.75) is 118 Å². The summed E-state index contributed by atoms with van der Waals surface area (Å²) in [7, 11) is 0. The third-order valence-corrected chi connectivity index (χ3v) is 13.0. The second-order valence-corrected chi connectivity index (χ2v) is 14.4. The maximum Gasteiger partial charge on any atom is 0.0594 e. The van der Waals surface area contributed by atoms with Crippen molar-refractivity contribution in [3.05, 3.63) is 24.3 Å². The molecule has 2 spiro atoms. The van der Waals surface area contributed by atoms with Crippen LogP contribution in [-0.2, 0) is 0 Å². The van der Waals surface area contributed by atoms with E-state index in [9.17, 15) is 5.11 Å². The van der Waals surface area contributed by atoms with Crippen molar-refractivity contribution in [3.63, 3.8) is 0 Å². The monoisotopic (exact) mass is 438 g/mol. The summed E-state index contributed by atoms with van der Waals surface area (Å²) in [6.45, 7) is 18.9. The van der Waals surface area contributed by atoms with E-state index in [1.165, 1.54) is 63.4 Å². The molecular formula is C31H50O. The van der Waals surface area contributed by atoms with Crippen LogP contribution in [0.4, 0.5) is 0 Å². The first-order valence-electron chi connectivity index (χ1n) is 13.9. The zero-order chi connectivity index (χ0) is 23.2. The molecule has 0 aromatic heterocycles. The lowest BCUT2D eigenvalue weighted by Crippen LogP contribution is -2.57. The van der Waals surface area contributed by atoms with E-state index in [4.69, 9.17) is 0 Å². The van der Waals surface area contributed by atoms with E-state index in [0.29, 0.717) is 21.7 Å². The average Bonchev–Trinajstić information content (AvgIpc) is 3.31. The van der Waals surface area contributed by atoms with Gasteiger partial charge in [0.15, 0.2) is 0 Å². The Morgan fingerprint density at radius 3 is 2.31 bits per heavy atom. The molecule has 5 rings (SSSR count).